The second kappa shape index (κ2) is 7.69. The summed E-state index contributed by atoms with van der Waals surface area (Å²) < 4.78 is 2.50. The Kier molecular flexibility index (Phi) is 5.89. The number of Topliss-reactive ketones (excluding diaryl/α,β-unsaturated/α-hetero) is 1. The van der Waals surface area contributed by atoms with E-state index < -0.39 is 4.92 Å². The first-order valence-corrected chi connectivity index (χ1v) is 8.77. The maximum atomic E-state index is 12.4. The van der Waals surface area contributed by atoms with Crippen LogP contribution in [-0.2, 0) is 13.0 Å². The number of aryl methyl sites for hydroxylation is 1. The van der Waals surface area contributed by atoms with Crippen molar-refractivity contribution in [3.8, 4) is 0 Å². The average Bonchev–Trinajstić information content (AvgIpc) is 2.94. The molecule has 1 heterocycles. The highest BCUT2D eigenvalue weighted by Crippen LogP contribution is 2.25. The Hall–Kier alpha value is -1.74. The van der Waals surface area contributed by atoms with Crippen LogP contribution in [0.4, 0.5) is 5.69 Å². The van der Waals surface area contributed by atoms with Crippen molar-refractivity contribution in [1.29, 1.82) is 0 Å². The number of hydrogen-bond donors (Lipinski definition) is 0. The van der Waals surface area contributed by atoms with Gasteiger partial charge in [0.25, 0.3) is 5.69 Å². The summed E-state index contributed by atoms with van der Waals surface area (Å²) in [5.74, 6) is 0.815. The van der Waals surface area contributed by atoms with E-state index in [1.54, 1.807) is 0 Å². The highest BCUT2D eigenvalue weighted by molar-refractivity contribution is 9.10. The molecule has 0 amide bonds. The van der Waals surface area contributed by atoms with Crippen molar-refractivity contribution in [3.63, 3.8) is 0 Å². The standard InChI is InChI=1S/C14H15BrN4O3S/c1-3-13-16-17-14(18(13)4-2)23-8-12(20)10-7-9(19(21)22)5-6-11(10)15/h5-7H,3-4,8H2,1-2H3. The van der Waals surface area contributed by atoms with Crippen LogP contribution in [0.5, 0.6) is 0 Å². The number of rotatable bonds is 7. The van der Waals surface area contributed by atoms with Crippen LogP contribution in [0.2, 0.25) is 0 Å². The summed E-state index contributed by atoms with van der Waals surface area (Å²) in [5, 5.41) is 19.7. The highest BCUT2D eigenvalue weighted by atomic mass is 79.9. The molecule has 7 nitrogen and oxygen atoms in total. The van der Waals surface area contributed by atoms with Gasteiger partial charge in [-0.05, 0) is 13.0 Å². The molecule has 0 unspecified atom stereocenters. The zero-order chi connectivity index (χ0) is 17.0. The van der Waals surface area contributed by atoms with Crippen LogP contribution in [0.15, 0.2) is 27.8 Å². The maximum absolute atomic E-state index is 12.4. The van der Waals surface area contributed by atoms with E-state index >= 15 is 0 Å². The van der Waals surface area contributed by atoms with Gasteiger partial charge in [-0.3, -0.25) is 14.9 Å². The molecule has 0 aliphatic carbocycles. The number of non-ortho nitro benzene ring substituents is 1. The van der Waals surface area contributed by atoms with Gasteiger partial charge in [0.1, 0.15) is 5.82 Å². The lowest BCUT2D eigenvalue weighted by atomic mass is 10.1. The van der Waals surface area contributed by atoms with E-state index in [-0.39, 0.29) is 17.2 Å². The van der Waals surface area contributed by atoms with Crippen molar-refractivity contribution < 1.29 is 9.72 Å². The molecular formula is C14H15BrN4O3S. The molecule has 2 aromatic rings. The Morgan fingerprint density at radius 2 is 2.13 bits per heavy atom. The monoisotopic (exact) mass is 398 g/mol. The van der Waals surface area contributed by atoms with Crippen molar-refractivity contribution in [3.05, 3.63) is 44.2 Å². The highest BCUT2D eigenvalue weighted by Gasteiger charge is 2.17. The lowest BCUT2D eigenvalue weighted by Crippen LogP contribution is -2.07. The SMILES string of the molecule is CCc1nnc(SCC(=O)c2cc([N+](=O)[O-])ccc2Br)n1CC. The summed E-state index contributed by atoms with van der Waals surface area (Å²) in [4.78, 5) is 22.7. The van der Waals surface area contributed by atoms with Gasteiger partial charge in [-0.25, -0.2) is 0 Å². The van der Waals surface area contributed by atoms with Crippen molar-refractivity contribution in [1.82, 2.24) is 14.8 Å². The maximum Gasteiger partial charge on any atom is 0.270 e. The summed E-state index contributed by atoms with van der Waals surface area (Å²) >= 11 is 4.55. The van der Waals surface area contributed by atoms with Crippen LogP contribution in [0.3, 0.4) is 0 Å². The molecule has 1 aromatic heterocycles. The summed E-state index contributed by atoms with van der Waals surface area (Å²) in [7, 11) is 0. The molecular weight excluding hydrogens is 384 g/mol. The van der Waals surface area contributed by atoms with Crippen LogP contribution in [0.1, 0.15) is 30.0 Å². The van der Waals surface area contributed by atoms with Gasteiger partial charge in [0.05, 0.1) is 10.7 Å². The molecule has 122 valence electrons. The van der Waals surface area contributed by atoms with Gasteiger partial charge in [0.15, 0.2) is 10.9 Å². The first kappa shape index (κ1) is 17.6. The predicted molar refractivity (Wildman–Crippen MR) is 90.9 cm³/mol. The number of carbonyl (C=O) groups is 1. The van der Waals surface area contributed by atoms with E-state index in [0.717, 1.165) is 18.8 Å². The molecule has 2 rings (SSSR count). The third-order valence-electron chi connectivity index (χ3n) is 3.22. The number of ketones is 1. The molecule has 0 saturated heterocycles. The van der Waals surface area contributed by atoms with Gasteiger partial charge in [-0.2, -0.15) is 0 Å². The van der Waals surface area contributed by atoms with Gasteiger partial charge in [0, 0.05) is 35.1 Å². The Balaban J connectivity index is 2.15. The minimum Gasteiger partial charge on any atom is -0.306 e. The van der Waals surface area contributed by atoms with E-state index in [2.05, 4.69) is 26.1 Å². The van der Waals surface area contributed by atoms with Crippen LogP contribution in [0.25, 0.3) is 0 Å². The van der Waals surface area contributed by atoms with Gasteiger partial charge < -0.3 is 4.57 Å². The number of nitrogens with zero attached hydrogens (tertiary/aromatic N) is 4. The first-order valence-electron chi connectivity index (χ1n) is 6.99. The Labute approximate surface area is 145 Å². The summed E-state index contributed by atoms with van der Waals surface area (Å²) in [5.41, 5.74) is 0.191. The van der Waals surface area contributed by atoms with Gasteiger partial charge in [-0.15, -0.1) is 10.2 Å². The number of halogens is 1. The molecule has 0 aliphatic heterocycles. The van der Waals surface area contributed by atoms with E-state index in [9.17, 15) is 14.9 Å². The number of carbonyl (C=O) groups excluding carboxylic acids is 1. The zero-order valence-corrected chi connectivity index (χ0v) is 15.1. The lowest BCUT2D eigenvalue weighted by Gasteiger charge is -2.06. The van der Waals surface area contributed by atoms with Crippen LogP contribution >= 0.6 is 27.7 Å². The van der Waals surface area contributed by atoms with E-state index in [1.807, 2.05) is 18.4 Å². The molecule has 0 N–H and O–H groups in total. The minimum atomic E-state index is -0.516. The number of benzene rings is 1. The number of thioether (sulfide) groups is 1. The van der Waals surface area contributed by atoms with Gasteiger partial charge in [0.2, 0.25) is 0 Å². The fourth-order valence-electron chi connectivity index (χ4n) is 2.05. The second-order valence-electron chi connectivity index (χ2n) is 4.63. The third kappa shape index (κ3) is 3.97. The first-order chi connectivity index (χ1) is 11.0. The van der Waals surface area contributed by atoms with Crippen molar-refractivity contribution >= 4 is 39.2 Å². The quantitative estimate of drug-likeness (QED) is 0.306. The fourth-order valence-corrected chi connectivity index (χ4v) is 3.43. The van der Waals surface area contributed by atoms with Crippen molar-refractivity contribution in [2.45, 2.75) is 32.0 Å². The average molecular weight is 399 g/mol. The Morgan fingerprint density at radius 3 is 2.74 bits per heavy atom. The Bertz CT molecular complexity index is 748. The number of nitro benzene ring substituents is 1. The van der Waals surface area contributed by atoms with Gasteiger partial charge >= 0.3 is 0 Å². The summed E-state index contributed by atoms with van der Waals surface area (Å²) in [6.45, 7) is 4.72. The van der Waals surface area contributed by atoms with Gasteiger partial charge in [-0.1, -0.05) is 34.6 Å². The smallest absolute Gasteiger partial charge is 0.270 e. The van der Waals surface area contributed by atoms with E-state index in [0.29, 0.717) is 15.2 Å². The predicted octanol–water partition coefficient (Wildman–Crippen LogP) is 3.51. The largest absolute Gasteiger partial charge is 0.306 e. The van der Waals surface area contributed by atoms with Crippen molar-refractivity contribution in [2.75, 3.05) is 5.75 Å². The molecule has 1 aromatic carbocycles. The molecule has 0 radical (unpaired) electrons. The Morgan fingerprint density at radius 1 is 1.39 bits per heavy atom. The van der Waals surface area contributed by atoms with Crippen molar-refractivity contribution in [2.24, 2.45) is 0 Å². The zero-order valence-electron chi connectivity index (χ0n) is 12.7. The molecule has 9 heteroatoms. The lowest BCUT2D eigenvalue weighted by molar-refractivity contribution is -0.384. The molecule has 0 bridgehead atoms. The van der Waals surface area contributed by atoms with Crippen LogP contribution in [0, 0.1) is 10.1 Å². The summed E-state index contributed by atoms with van der Waals surface area (Å²) in [6.07, 6.45) is 0.770. The second-order valence-corrected chi connectivity index (χ2v) is 6.43. The molecule has 0 aliphatic rings. The van der Waals surface area contributed by atoms with Crippen LogP contribution in [-0.4, -0.2) is 31.2 Å². The molecule has 0 spiro atoms. The number of hydrogen-bond acceptors (Lipinski definition) is 6. The third-order valence-corrected chi connectivity index (χ3v) is 4.88. The molecule has 0 atom stereocenters. The normalized spacial score (nSPS) is 10.7. The van der Waals surface area contributed by atoms with E-state index in [4.69, 9.17) is 0 Å². The molecule has 0 saturated carbocycles. The minimum absolute atomic E-state index is 0.105. The fraction of sp³-hybridized carbons (Fsp3) is 0.357. The van der Waals surface area contributed by atoms with Crippen LogP contribution < -0.4 is 0 Å². The molecule has 23 heavy (non-hydrogen) atoms. The number of aromatic nitrogens is 3. The van der Waals surface area contributed by atoms with E-state index in [1.165, 1.54) is 30.0 Å². The molecule has 0 fully saturated rings. The number of nitro groups is 1. The summed E-state index contributed by atoms with van der Waals surface area (Å²) in [6, 6.07) is 4.16. The topological polar surface area (TPSA) is 90.9 Å².